The average molecular weight is 138 g/mol. The summed E-state index contributed by atoms with van der Waals surface area (Å²) >= 11 is 0. The van der Waals surface area contributed by atoms with Crippen LogP contribution in [0.2, 0.25) is 0 Å². The highest BCUT2D eigenvalue weighted by Crippen LogP contribution is 2.35. The molecule has 1 fully saturated rings. The molecule has 2 aliphatic carbocycles. The molecule has 0 aromatic carbocycles. The Morgan fingerprint density at radius 2 is 2.10 bits per heavy atom. The summed E-state index contributed by atoms with van der Waals surface area (Å²) in [7, 11) is 0. The van der Waals surface area contributed by atoms with Crippen molar-refractivity contribution in [2.75, 3.05) is 0 Å². The van der Waals surface area contributed by atoms with E-state index in [9.17, 15) is 5.11 Å². The van der Waals surface area contributed by atoms with Crippen LogP contribution in [0, 0.1) is 11.8 Å². The van der Waals surface area contributed by atoms with Crippen molar-refractivity contribution < 1.29 is 5.11 Å². The molecule has 2 rings (SSSR count). The first-order valence-electron chi connectivity index (χ1n) is 4.22. The number of rotatable bonds is 0. The molecule has 2 aliphatic rings. The molecule has 0 amide bonds. The molecule has 0 heterocycles. The van der Waals surface area contributed by atoms with Crippen LogP contribution in [0.1, 0.15) is 25.7 Å². The first-order chi connectivity index (χ1) is 4.86. The largest absolute Gasteiger partial charge is 0.389 e. The van der Waals surface area contributed by atoms with E-state index in [1.165, 1.54) is 25.7 Å². The van der Waals surface area contributed by atoms with Crippen LogP contribution in [-0.4, -0.2) is 11.2 Å². The quantitative estimate of drug-likeness (QED) is 0.505. The van der Waals surface area contributed by atoms with Crippen molar-refractivity contribution in [3.63, 3.8) is 0 Å². The standard InChI is InChI=1S/C9H14O/c10-9-5-4-7-2-1-3-8(9)6-7/h4-5,7-10H,1-3,6H2/t7-,8-,9-/m1/s1. The fourth-order valence-electron chi connectivity index (χ4n) is 2.18. The Morgan fingerprint density at radius 1 is 1.20 bits per heavy atom. The molecule has 0 spiro atoms. The Balaban J connectivity index is 2.13. The minimum absolute atomic E-state index is 0.128. The number of fused-ring (bicyclic) bond motifs is 2. The summed E-state index contributed by atoms with van der Waals surface area (Å²) in [4.78, 5) is 0. The van der Waals surface area contributed by atoms with Crippen molar-refractivity contribution >= 4 is 0 Å². The third-order valence-corrected chi connectivity index (χ3v) is 2.82. The van der Waals surface area contributed by atoms with Gasteiger partial charge < -0.3 is 5.11 Å². The molecule has 1 saturated carbocycles. The fourth-order valence-corrected chi connectivity index (χ4v) is 2.18. The summed E-state index contributed by atoms with van der Waals surface area (Å²) in [5.74, 6) is 1.38. The van der Waals surface area contributed by atoms with Crippen molar-refractivity contribution in [1.29, 1.82) is 0 Å². The van der Waals surface area contributed by atoms with Crippen LogP contribution in [0.3, 0.4) is 0 Å². The van der Waals surface area contributed by atoms with Crippen molar-refractivity contribution in [3.8, 4) is 0 Å². The van der Waals surface area contributed by atoms with Gasteiger partial charge in [0, 0.05) is 0 Å². The van der Waals surface area contributed by atoms with E-state index in [1.54, 1.807) is 0 Å². The second-order valence-electron chi connectivity index (χ2n) is 3.56. The molecule has 1 heteroatoms. The molecular formula is C9H14O. The molecular weight excluding hydrogens is 124 g/mol. The van der Waals surface area contributed by atoms with E-state index in [0.717, 1.165) is 5.92 Å². The predicted molar refractivity (Wildman–Crippen MR) is 40.6 cm³/mol. The lowest BCUT2D eigenvalue weighted by atomic mass is 9.75. The first kappa shape index (κ1) is 6.41. The van der Waals surface area contributed by atoms with Crippen molar-refractivity contribution in [2.24, 2.45) is 11.8 Å². The Kier molecular flexibility index (Phi) is 1.53. The molecule has 2 bridgehead atoms. The minimum Gasteiger partial charge on any atom is -0.389 e. The Bertz CT molecular complexity index is 147. The number of hydrogen-bond donors (Lipinski definition) is 1. The van der Waals surface area contributed by atoms with Gasteiger partial charge >= 0.3 is 0 Å². The van der Waals surface area contributed by atoms with E-state index < -0.39 is 0 Å². The normalized spacial score (nSPS) is 45.5. The summed E-state index contributed by atoms with van der Waals surface area (Å²) in [5.41, 5.74) is 0. The van der Waals surface area contributed by atoms with Crippen molar-refractivity contribution in [3.05, 3.63) is 12.2 Å². The highest BCUT2D eigenvalue weighted by Gasteiger charge is 2.27. The van der Waals surface area contributed by atoms with Gasteiger partial charge in [-0.25, -0.2) is 0 Å². The van der Waals surface area contributed by atoms with E-state index in [1.807, 2.05) is 6.08 Å². The van der Waals surface area contributed by atoms with Crippen LogP contribution < -0.4 is 0 Å². The van der Waals surface area contributed by atoms with Gasteiger partial charge in [-0.15, -0.1) is 0 Å². The summed E-state index contributed by atoms with van der Waals surface area (Å²) in [6.07, 6.45) is 9.19. The molecule has 0 radical (unpaired) electrons. The average Bonchev–Trinajstić information content (AvgIpc) is 1.99. The molecule has 0 aromatic heterocycles. The third-order valence-electron chi connectivity index (χ3n) is 2.82. The summed E-state index contributed by atoms with van der Waals surface area (Å²) < 4.78 is 0. The van der Waals surface area contributed by atoms with Crippen LogP contribution in [0.4, 0.5) is 0 Å². The monoisotopic (exact) mass is 138 g/mol. The lowest BCUT2D eigenvalue weighted by Crippen LogP contribution is -2.28. The smallest absolute Gasteiger partial charge is 0.0749 e. The molecule has 1 N–H and O–H groups in total. The number of allylic oxidation sites excluding steroid dienone is 1. The Labute approximate surface area is 61.8 Å². The van der Waals surface area contributed by atoms with Gasteiger partial charge in [-0.05, 0) is 31.1 Å². The highest BCUT2D eigenvalue weighted by atomic mass is 16.3. The van der Waals surface area contributed by atoms with E-state index in [2.05, 4.69) is 6.08 Å². The number of aliphatic hydroxyl groups excluding tert-OH is 1. The number of hydrogen-bond acceptors (Lipinski definition) is 1. The predicted octanol–water partition coefficient (Wildman–Crippen LogP) is 1.72. The van der Waals surface area contributed by atoms with Gasteiger partial charge in [0.2, 0.25) is 0 Å². The second-order valence-corrected chi connectivity index (χ2v) is 3.56. The Hall–Kier alpha value is -0.300. The van der Waals surface area contributed by atoms with Gasteiger partial charge in [0.05, 0.1) is 6.10 Å². The maximum Gasteiger partial charge on any atom is 0.0749 e. The van der Waals surface area contributed by atoms with Gasteiger partial charge in [-0.2, -0.15) is 0 Å². The molecule has 0 saturated heterocycles. The lowest BCUT2D eigenvalue weighted by Gasteiger charge is -2.33. The third kappa shape index (κ3) is 0.988. The lowest BCUT2D eigenvalue weighted by molar-refractivity contribution is 0.102. The summed E-state index contributed by atoms with van der Waals surface area (Å²) in [6, 6.07) is 0. The van der Waals surface area contributed by atoms with Gasteiger partial charge in [0.1, 0.15) is 0 Å². The SMILES string of the molecule is O[C@@H]1C=C[C@H]2CCC[C@@H]1C2. The minimum atomic E-state index is -0.128. The van der Waals surface area contributed by atoms with Crippen LogP contribution >= 0.6 is 0 Å². The topological polar surface area (TPSA) is 20.2 Å². The van der Waals surface area contributed by atoms with Crippen LogP contribution in [0.5, 0.6) is 0 Å². The van der Waals surface area contributed by atoms with Gasteiger partial charge in [0.25, 0.3) is 0 Å². The number of aliphatic hydroxyl groups is 1. The molecule has 56 valence electrons. The van der Waals surface area contributed by atoms with E-state index in [0.29, 0.717) is 5.92 Å². The van der Waals surface area contributed by atoms with Gasteiger partial charge in [-0.3, -0.25) is 0 Å². The zero-order chi connectivity index (χ0) is 6.97. The van der Waals surface area contributed by atoms with Crippen LogP contribution in [-0.2, 0) is 0 Å². The zero-order valence-electron chi connectivity index (χ0n) is 6.16. The summed E-state index contributed by atoms with van der Waals surface area (Å²) in [6.45, 7) is 0. The molecule has 1 nitrogen and oxygen atoms in total. The molecule has 0 unspecified atom stereocenters. The second kappa shape index (κ2) is 2.39. The summed E-state index contributed by atoms with van der Waals surface area (Å²) in [5, 5.41) is 9.43. The molecule has 0 aromatic rings. The molecule has 0 aliphatic heterocycles. The highest BCUT2D eigenvalue weighted by molar-refractivity contribution is 5.03. The van der Waals surface area contributed by atoms with Gasteiger partial charge in [0.15, 0.2) is 0 Å². The maximum atomic E-state index is 9.43. The van der Waals surface area contributed by atoms with Gasteiger partial charge in [-0.1, -0.05) is 18.6 Å². The fraction of sp³-hybridized carbons (Fsp3) is 0.778. The Morgan fingerprint density at radius 3 is 2.90 bits per heavy atom. The molecule has 10 heavy (non-hydrogen) atoms. The van der Waals surface area contributed by atoms with Crippen LogP contribution in [0.25, 0.3) is 0 Å². The van der Waals surface area contributed by atoms with E-state index in [4.69, 9.17) is 0 Å². The zero-order valence-corrected chi connectivity index (χ0v) is 6.16. The first-order valence-corrected chi connectivity index (χ1v) is 4.22. The van der Waals surface area contributed by atoms with Crippen LogP contribution in [0.15, 0.2) is 12.2 Å². The maximum absolute atomic E-state index is 9.43. The van der Waals surface area contributed by atoms with E-state index >= 15 is 0 Å². The van der Waals surface area contributed by atoms with Crippen molar-refractivity contribution in [1.82, 2.24) is 0 Å². The molecule has 3 atom stereocenters. The van der Waals surface area contributed by atoms with E-state index in [-0.39, 0.29) is 6.10 Å². The van der Waals surface area contributed by atoms with Crippen molar-refractivity contribution in [2.45, 2.75) is 31.8 Å².